The van der Waals surface area contributed by atoms with Crippen molar-refractivity contribution in [3.05, 3.63) is 35.4 Å². The van der Waals surface area contributed by atoms with Crippen LogP contribution < -0.4 is 4.74 Å². The summed E-state index contributed by atoms with van der Waals surface area (Å²) in [4.78, 5) is 12.5. The minimum atomic E-state index is 0.192. The molecule has 1 fully saturated rings. The Kier molecular flexibility index (Phi) is 4.36. The van der Waals surface area contributed by atoms with Crippen molar-refractivity contribution in [2.24, 2.45) is 22.7 Å². The normalized spacial score (nSPS) is 27.2. The van der Waals surface area contributed by atoms with Crippen molar-refractivity contribution in [1.29, 1.82) is 0 Å². The predicted octanol–water partition coefficient (Wildman–Crippen LogP) is 5.30. The summed E-state index contributed by atoms with van der Waals surface area (Å²) in [6.07, 6.45) is 6.47. The standard InChI is InChI=1S/C22H30O2/c1-15-12-18(22(4,5)21(15,2)3)14-19(23)9-7-16-6-8-17-10-11-24-20(17)13-16/h6-9,13,15,18H,10-12,14H2,1-5H3/b9-7+. The number of carbonyl (C=O) groups excluding carboxylic acids is 1. The molecule has 0 amide bonds. The van der Waals surface area contributed by atoms with E-state index in [1.54, 1.807) is 6.08 Å². The first kappa shape index (κ1) is 17.3. The van der Waals surface area contributed by atoms with Gasteiger partial charge in [-0.25, -0.2) is 0 Å². The third-order valence-corrected chi connectivity index (χ3v) is 7.18. The van der Waals surface area contributed by atoms with Crippen molar-refractivity contribution in [2.45, 2.75) is 53.9 Å². The van der Waals surface area contributed by atoms with E-state index in [1.807, 2.05) is 12.1 Å². The molecule has 1 aliphatic heterocycles. The Morgan fingerprint density at radius 3 is 2.67 bits per heavy atom. The smallest absolute Gasteiger partial charge is 0.156 e. The second-order valence-corrected chi connectivity index (χ2v) is 8.75. The van der Waals surface area contributed by atoms with Crippen LogP contribution in [-0.4, -0.2) is 12.4 Å². The van der Waals surface area contributed by atoms with Gasteiger partial charge in [-0.2, -0.15) is 0 Å². The molecule has 1 heterocycles. The van der Waals surface area contributed by atoms with Crippen LogP contribution in [0.15, 0.2) is 24.3 Å². The van der Waals surface area contributed by atoms with Gasteiger partial charge in [0.15, 0.2) is 5.78 Å². The van der Waals surface area contributed by atoms with Crippen LogP contribution in [0, 0.1) is 22.7 Å². The predicted molar refractivity (Wildman–Crippen MR) is 99.1 cm³/mol. The highest BCUT2D eigenvalue weighted by molar-refractivity contribution is 5.93. The molecule has 24 heavy (non-hydrogen) atoms. The SMILES string of the molecule is CC1CC(CC(=O)/C=C/c2ccc3c(c2)OCC3)C(C)(C)C1(C)C. The Bertz CT molecular complexity index is 667. The molecule has 0 spiro atoms. The molecule has 1 saturated carbocycles. The maximum atomic E-state index is 12.5. The van der Waals surface area contributed by atoms with E-state index in [2.05, 4.69) is 46.8 Å². The summed E-state index contributed by atoms with van der Waals surface area (Å²) in [5, 5.41) is 0. The van der Waals surface area contributed by atoms with Crippen molar-refractivity contribution in [1.82, 2.24) is 0 Å². The molecule has 1 aromatic rings. The van der Waals surface area contributed by atoms with Gasteiger partial charge in [-0.1, -0.05) is 52.8 Å². The number of carbonyl (C=O) groups is 1. The summed E-state index contributed by atoms with van der Waals surface area (Å²) < 4.78 is 5.60. The molecule has 130 valence electrons. The van der Waals surface area contributed by atoms with Crippen molar-refractivity contribution in [3.8, 4) is 5.75 Å². The minimum Gasteiger partial charge on any atom is -0.493 e. The Morgan fingerprint density at radius 2 is 2.00 bits per heavy atom. The van der Waals surface area contributed by atoms with Crippen molar-refractivity contribution < 1.29 is 9.53 Å². The quantitative estimate of drug-likeness (QED) is 0.702. The van der Waals surface area contributed by atoms with Gasteiger partial charge >= 0.3 is 0 Å². The third kappa shape index (κ3) is 2.92. The molecule has 2 atom stereocenters. The highest BCUT2D eigenvalue weighted by Gasteiger charge is 2.52. The van der Waals surface area contributed by atoms with Crippen molar-refractivity contribution >= 4 is 11.9 Å². The number of ether oxygens (including phenoxy) is 1. The van der Waals surface area contributed by atoms with Gasteiger partial charge in [0.25, 0.3) is 0 Å². The molecule has 2 heteroatoms. The van der Waals surface area contributed by atoms with E-state index in [0.717, 1.165) is 30.8 Å². The fourth-order valence-electron chi connectivity index (χ4n) is 4.30. The van der Waals surface area contributed by atoms with Gasteiger partial charge in [-0.15, -0.1) is 0 Å². The minimum absolute atomic E-state index is 0.192. The topological polar surface area (TPSA) is 26.3 Å². The lowest BCUT2D eigenvalue weighted by atomic mass is 9.64. The number of benzene rings is 1. The van der Waals surface area contributed by atoms with E-state index >= 15 is 0 Å². The van der Waals surface area contributed by atoms with Gasteiger partial charge in [0.05, 0.1) is 6.61 Å². The highest BCUT2D eigenvalue weighted by Crippen LogP contribution is 2.59. The first-order valence-electron chi connectivity index (χ1n) is 9.18. The lowest BCUT2D eigenvalue weighted by molar-refractivity contribution is -0.116. The molecule has 0 N–H and O–H groups in total. The summed E-state index contributed by atoms with van der Waals surface area (Å²) in [7, 11) is 0. The van der Waals surface area contributed by atoms with Crippen molar-refractivity contribution in [3.63, 3.8) is 0 Å². The Hall–Kier alpha value is -1.57. The number of hydrogen-bond acceptors (Lipinski definition) is 2. The maximum absolute atomic E-state index is 12.5. The molecule has 1 aliphatic carbocycles. The fourth-order valence-corrected chi connectivity index (χ4v) is 4.30. The molecule has 2 aliphatic rings. The van der Waals surface area contributed by atoms with E-state index in [9.17, 15) is 4.79 Å². The van der Waals surface area contributed by atoms with E-state index in [-0.39, 0.29) is 16.6 Å². The van der Waals surface area contributed by atoms with Gasteiger partial charge in [0.2, 0.25) is 0 Å². The third-order valence-electron chi connectivity index (χ3n) is 7.18. The summed E-state index contributed by atoms with van der Waals surface area (Å²) in [6.45, 7) is 12.5. The van der Waals surface area contributed by atoms with Crippen LogP contribution in [0.3, 0.4) is 0 Å². The molecule has 0 bridgehead atoms. The second-order valence-electron chi connectivity index (χ2n) is 8.75. The van der Waals surface area contributed by atoms with E-state index < -0.39 is 0 Å². The summed E-state index contributed by atoms with van der Waals surface area (Å²) in [5.41, 5.74) is 2.78. The molecule has 0 radical (unpaired) electrons. The molecule has 0 saturated heterocycles. The van der Waals surface area contributed by atoms with Gasteiger partial charge in [0, 0.05) is 12.8 Å². The Labute approximate surface area is 146 Å². The zero-order valence-corrected chi connectivity index (χ0v) is 15.7. The van der Waals surface area contributed by atoms with Gasteiger partial charge in [-0.3, -0.25) is 4.79 Å². The van der Waals surface area contributed by atoms with Crippen molar-refractivity contribution in [2.75, 3.05) is 6.61 Å². The van der Waals surface area contributed by atoms with Crippen LogP contribution in [0.1, 0.15) is 58.6 Å². The maximum Gasteiger partial charge on any atom is 0.156 e. The zero-order chi connectivity index (χ0) is 17.5. The number of hydrogen-bond donors (Lipinski definition) is 0. The van der Waals surface area contributed by atoms with Gasteiger partial charge in [0.1, 0.15) is 5.75 Å². The van der Waals surface area contributed by atoms with Crippen LogP contribution in [0.4, 0.5) is 0 Å². The molecule has 3 rings (SSSR count). The highest BCUT2D eigenvalue weighted by atomic mass is 16.5. The van der Waals surface area contributed by atoms with E-state index in [1.165, 1.54) is 5.56 Å². The van der Waals surface area contributed by atoms with Crippen LogP contribution >= 0.6 is 0 Å². The summed E-state index contributed by atoms with van der Waals surface area (Å²) in [5.74, 6) is 2.32. The summed E-state index contributed by atoms with van der Waals surface area (Å²) >= 11 is 0. The number of allylic oxidation sites excluding steroid dienone is 1. The average molecular weight is 326 g/mol. The lowest BCUT2D eigenvalue weighted by Gasteiger charge is -2.41. The van der Waals surface area contributed by atoms with Crippen LogP contribution in [0.25, 0.3) is 6.08 Å². The van der Waals surface area contributed by atoms with Gasteiger partial charge < -0.3 is 4.74 Å². The Balaban J connectivity index is 1.66. The van der Waals surface area contributed by atoms with E-state index in [0.29, 0.717) is 18.3 Å². The average Bonchev–Trinajstić information content (AvgIpc) is 3.04. The first-order chi connectivity index (χ1) is 11.2. The molecule has 0 aromatic heterocycles. The van der Waals surface area contributed by atoms with Crippen LogP contribution in [0.5, 0.6) is 5.75 Å². The second kappa shape index (κ2) is 6.06. The Morgan fingerprint density at radius 1 is 1.25 bits per heavy atom. The fraction of sp³-hybridized carbons (Fsp3) is 0.591. The molecule has 2 unspecified atom stereocenters. The monoisotopic (exact) mass is 326 g/mol. The largest absolute Gasteiger partial charge is 0.493 e. The number of ketones is 1. The van der Waals surface area contributed by atoms with Crippen LogP contribution in [0.2, 0.25) is 0 Å². The molecule has 2 nitrogen and oxygen atoms in total. The number of fused-ring (bicyclic) bond motifs is 1. The lowest BCUT2D eigenvalue weighted by Crippen LogP contribution is -2.34. The molecular formula is C22H30O2. The number of rotatable bonds is 4. The molecule has 1 aromatic carbocycles. The molecular weight excluding hydrogens is 296 g/mol. The van der Waals surface area contributed by atoms with E-state index in [4.69, 9.17) is 4.74 Å². The summed E-state index contributed by atoms with van der Waals surface area (Å²) in [6, 6.07) is 6.22. The van der Waals surface area contributed by atoms with Gasteiger partial charge in [-0.05, 0) is 52.4 Å². The zero-order valence-electron chi connectivity index (χ0n) is 15.7. The van der Waals surface area contributed by atoms with Crippen LogP contribution in [-0.2, 0) is 11.2 Å². The first-order valence-corrected chi connectivity index (χ1v) is 9.18.